The predicted molar refractivity (Wildman–Crippen MR) is 64.7 cm³/mol. The number of alkyl carbamates (subject to hydrolysis) is 1. The molecular weight excluding hydrogens is 222 g/mol. The molecule has 0 heterocycles. The summed E-state index contributed by atoms with van der Waals surface area (Å²) in [6.07, 6.45) is 2.34. The number of esters is 1. The molecule has 0 bridgehead atoms. The van der Waals surface area contributed by atoms with Crippen molar-refractivity contribution < 1.29 is 19.1 Å². The number of hydrogen-bond donors (Lipinski definition) is 1. The largest absolute Gasteiger partial charge is 0.464 e. The summed E-state index contributed by atoms with van der Waals surface area (Å²) in [5.41, 5.74) is 0. The number of ether oxygens (including phenoxy) is 2. The van der Waals surface area contributed by atoms with Gasteiger partial charge in [0, 0.05) is 0 Å². The van der Waals surface area contributed by atoms with Crippen molar-refractivity contribution in [3.63, 3.8) is 0 Å². The Morgan fingerprint density at radius 2 is 1.88 bits per heavy atom. The Labute approximate surface area is 103 Å². The maximum absolute atomic E-state index is 11.7. The van der Waals surface area contributed by atoms with E-state index >= 15 is 0 Å². The number of unbranched alkanes of at least 4 members (excludes halogenated alkanes) is 2. The summed E-state index contributed by atoms with van der Waals surface area (Å²) in [4.78, 5) is 22.8. The zero-order valence-electron chi connectivity index (χ0n) is 11.1. The van der Waals surface area contributed by atoms with E-state index in [4.69, 9.17) is 4.74 Å². The lowest BCUT2D eigenvalue weighted by molar-refractivity contribution is -0.147. The summed E-state index contributed by atoms with van der Waals surface area (Å²) in [6.45, 7) is 6.16. The highest BCUT2D eigenvalue weighted by Crippen LogP contribution is 2.05. The van der Waals surface area contributed by atoms with E-state index in [1.165, 1.54) is 7.11 Å². The minimum absolute atomic E-state index is 0.0345. The third kappa shape index (κ3) is 6.81. The number of nitrogens with one attached hydrogen (secondary N) is 1. The normalized spacial score (nSPS) is 12.1. The Morgan fingerprint density at radius 1 is 1.24 bits per heavy atom. The number of carbonyl (C=O) groups excluding carboxylic acids is 2. The standard InChI is InChI=1S/C12H23NO4/c1-5-6-7-8-17-11(14)10(9(2)3)13-12(15)16-4/h9-10H,5-8H2,1-4H3,(H,13,15). The molecule has 1 unspecified atom stereocenters. The fourth-order valence-corrected chi connectivity index (χ4v) is 1.30. The third-order valence-electron chi connectivity index (χ3n) is 2.37. The average Bonchev–Trinajstić information content (AvgIpc) is 2.30. The van der Waals surface area contributed by atoms with Crippen LogP contribution in [-0.4, -0.2) is 31.8 Å². The van der Waals surface area contributed by atoms with Gasteiger partial charge in [0.15, 0.2) is 0 Å². The highest BCUT2D eigenvalue weighted by Gasteiger charge is 2.25. The van der Waals surface area contributed by atoms with E-state index in [0.717, 1.165) is 19.3 Å². The lowest BCUT2D eigenvalue weighted by Gasteiger charge is -2.19. The molecule has 0 radical (unpaired) electrons. The van der Waals surface area contributed by atoms with Gasteiger partial charge in [0.25, 0.3) is 0 Å². The van der Waals surface area contributed by atoms with E-state index in [-0.39, 0.29) is 5.92 Å². The summed E-state index contributed by atoms with van der Waals surface area (Å²) >= 11 is 0. The van der Waals surface area contributed by atoms with Gasteiger partial charge < -0.3 is 14.8 Å². The molecule has 0 aliphatic carbocycles. The lowest BCUT2D eigenvalue weighted by atomic mass is 10.1. The van der Waals surface area contributed by atoms with Crippen molar-refractivity contribution in [1.29, 1.82) is 0 Å². The van der Waals surface area contributed by atoms with Crippen LogP contribution in [0.2, 0.25) is 0 Å². The first-order valence-corrected chi connectivity index (χ1v) is 6.04. The molecule has 0 saturated carbocycles. The molecule has 0 aromatic carbocycles. The maximum Gasteiger partial charge on any atom is 0.407 e. The Balaban J connectivity index is 4.11. The van der Waals surface area contributed by atoms with Crippen molar-refractivity contribution in [1.82, 2.24) is 5.32 Å². The molecule has 1 N–H and O–H groups in total. The number of rotatable bonds is 7. The van der Waals surface area contributed by atoms with E-state index in [9.17, 15) is 9.59 Å². The van der Waals surface area contributed by atoms with Crippen molar-refractivity contribution in [2.24, 2.45) is 5.92 Å². The molecule has 0 rings (SSSR count). The topological polar surface area (TPSA) is 64.6 Å². The fourth-order valence-electron chi connectivity index (χ4n) is 1.30. The first kappa shape index (κ1) is 15.7. The van der Waals surface area contributed by atoms with Gasteiger partial charge >= 0.3 is 12.1 Å². The van der Waals surface area contributed by atoms with Crippen LogP contribution < -0.4 is 5.32 Å². The molecule has 1 amide bonds. The zero-order chi connectivity index (χ0) is 13.3. The smallest absolute Gasteiger partial charge is 0.407 e. The van der Waals surface area contributed by atoms with Gasteiger partial charge in [-0.05, 0) is 12.3 Å². The molecule has 0 aliphatic rings. The second-order valence-corrected chi connectivity index (χ2v) is 4.23. The van der Waals surface area contributed by atoms with Crippen molar-refractivity contribution >= 4 is 12.1 Å². The van der Waals surface area contributed by atoms with Gasteiger partial charge in [-0.15, -0.1) is 0 Å². The number of carbonyl (C=O) groups is 2. The number of hydrogen-bond acceptors (Lipinski definition) is 4. The Bertz CT molecular complexity index is 241. The Kier molecular flexibility index (Phi) is 8.19. The second-order valence-electron chi connectivity index (χ2n) is 4.23. The molecular formula is C12H23NO4. The van der Waals surface area contributed by atoms with Crippen molar-refractivity contribution in [2.75, 3.05) is 13.7 Å². The first-order valence-electron chi connectivity index (χ1n) is 6.04. The van der Waals surface area contributed by atoms with E-state index in [1.54, 1.807) is 0 Å². The van der Waals surface area contributed by atoms with Crippen LogP contribution in [0.25, 0.3) is 0 Å². The molecule has 17 heavy (non-hydrogen) atoms. The molecule has 100 valence electrons. The number of methoxy groups -OCH3 is 1. The maximum atomic E-state index is 11.7. The van der Waals surface area contributed by atoms with Crippen molar-refractivity contribution in [3.8, 4) is 0 Å². The molecule has 0 saturated heterocycles. The van der Waals surface area contributed by atoms with Gasteiger partial charge in [0.05, 0.1) is 13.7 Å². The van der Waals surface area contributed by atoms with E-state index in [2.05, 4.69) is 17.0 Å². The first-order chi connectivity index (χ1) is 8.02. The minimum Gasteiger partial charge on any atom is -0.464 e. The van der Waals surface area contributed by atoms with Crippen LogP contribution in [0, 0.1) is 5.92 Å². The Morgan fingerprint density at radius 3 is 2.35 bits per heavy atom. The molecule has 0 spiro atoms. The quantitative estimate of drug-likeness (QED) is 0.551. The van der Waals surface area contributed by atoms with E-state index in [0.29, 0.717) is 6.61 Å². The van der Waals surface area contributed by atoms with Gasteiger partial charge in [-0.2, -0.15) is 0 Å². The van der Waals surface area contributed by atoms with E-state index in [1.807, 2.05) is 13.8 Å². The van der Waals surface area contributed by atoms with Crippen molar-refractivity contribution in [3.05, 3.63) is 0 Å². The predicted octanol–water partition coefficient (Wildman–Crippen LogP) is 2.10. The molecule has 5 heteroatoms. The Hall–Kier alpha value is -1.26. The molecule has 0 aromatic heterocycles. The fraction of sp³-hybridized carbons (Fsp3) is 0.833. The molecule has 1 atom stereocenters. The molecule has 0 fully saturated rings. The SMILES string of the molecule is CCCCCOC(=O)C(NC(=O)OC)C(C)C. The van der Waals surface area contributed by atoms with Crippen LogP contribution in [0.3, 0.4) is 0 Å². The van der Waals surface area contributed by atoms with Gasteiger partial charge in [-0.25, -0.2) is 9.59 Å². The lowest BCUT2D eigenvalue weighted by Crippen LogP contribution is -2.45. The van der Waals surface area contributed by atoms with Crippen LogP contribution in [0.4, 0.5) is 4.79 Å². The third-order valence-corrected chi connectivity index (χ3v) is 2.37. The highest BCUT2D eigenvalue weighted by atomic mass is 16.5. The summed E-state index contributed by atoms with van der Waals surface area (Å²) in [7, 11) is 1.26. The summed E-state index contributed by atoms with van der Waals surface area (Å²) in [5.74, 6) is -0.436. The van der Waals surface area contributed by atoms with Gasteiger partial charge in [0.2, 0.25) is 0 Å². The van der Waals surface area contributed by atoms with E-state index < -0.39 is 18.1 Å². The summed E-state index contributed by atoms with van der Waals surface area (Å²) < 4.78 is 9.57. The summed E-state index contributed by atoms with van der Waals surface area (Å²) in [5, 5.41) is 2.47. The summed E-state index contributed by atoms with van der Waals surface area (Å²) in [6, 6.07) is -0.649. The average molecular weight is 245 g/mol. The van der Waals surface area contributed by atoms with Crippen LogP contribution in [-0.2, 0) is 14.3 Å². The minimum atomic E-state index is -0.649. The van der Waals surface area contributed by atoms with Crippen LogP contribution in [0.1, 0.15) is 40.0 Å². The molecule has 0 aliphatic heterocycles. The van der Waals surface area contributed by atoms with Crippen molar-refractivity contribution in [2.45, 2.75) is 46.1 Å². The molecule has 5 nitrogen and oxygen atoms in total. The number of amides is 1. The van der Waals surface area contributed by atoms with Gasteiger partial charge in [-0.3, -0.25) is 0 Å². The van der Waals surface area contributed by atoms with Crippen LogP contribution in [0.15, 0.2) is 0 Å². The van der Waals surface area contributed by atoms with Crippen LogP contribution >= 0.6 is 0 Å². The highest BCUT2D eigenvalue weighted by molar-refractivity contribution is 5.81. The van der Waals surface area contributed by atoms with Crippen LogP contribution in [0.5, 0.6) is 0 Å². The second kappa shape index (κ2) is 8.84. The zero-order valence-corrected chi connectivity index (χ0v) is 11.1. The van der Waals surface area contributed by atoms with Gasteiger partial charge in [-0.1, -0.05) is 33.6 Å². The van der Waals surface area contributed by atoms with Gasteiger partial charge in [0.1, 0.15) is 6.04 Å². The molecule has 0 aromatic rings. The monoisotopic (exact) mass is 245 g/mol.